The Kier molecular flexibility index (Phi) is 5.51. The molecule has 0 bridgehead atoms. The minimum atomic E-state index is -0.271. The van der Waals surface area contributed by atoms with E-state index in [1.54, 1.807) is 26.2 Å². The van der Waals surface area contributed by atoms with Crippen LogP contribution in [0.3, 0.4) is 0 Å². The molecule has 26 heavy (non-hydrogen) atoms. The highest BCUT2D eigenvalue weighted by Crippen LogP contribution is 2.26. The maximum atomic E-state index is 13.7. The fraction of sp³-hybridized carbons (Fsp3) is 0.300. The van der Waals surface area contributed by atoms with Crippen molar-refractivity contribution in [2.24, 2.45) is 0 Å². The first-order chi connectivity index (χ1) is 12.6. The third-order valence-corrected chi connectivity index (χ3v) is 4.28. The zero-order valence-electron chi connectivity index (χ0n) is 15.2. The topological polar surface area (TPSA) is 51.4 Å². The standard InChI is InChI=1S/C20H22FN3O2/c1-14-10-11-15(13-16(14)21)20-22-19(26-23-20)9-6-12-24(2)17-7-4-5-8-18(17)25-3/h4-5,7-8,10-11,13H,6,9,12H2,1-3H3. The second kappa shape index (κ2) is 7.99. The lowest BCUT2D eigenvalue weighted by Gasteiger charge is -2.21. The number of aryl methyl sites for hydroxylation is 2. The molecule has 0 atom stereocenters. The summed E-state index contributed by atoms with van der Waals surface area (Å²) in [6, 6.07) is 12.8. The highest BCUT2D eigenvalue weighted by atomic mass is 19.1. The molecule has 0 N–H and O–H groups in total. The second-order valence-electron chi connectivity index (χ2n) is 6.17. The minimum Gasteiger partial charge on any atom is -0.495 e. The van der Waals surface area contributed by atoms with Gasteiger partial charge in [-0.15, -0.1) is 0 Å². The highest BCUT2D eigenvalue weighted by molar-refractivity contribution is 5.58. The number of nitrogens with zero attached hydrogens (tertiary/aromatic N) is 3. The number of methoxy groups -OCH3 is 1. The monoisotopic (exact) mass is 355 g/mol. The van der Waals surface area contributed by atoms with Crippen LogP contribution in [0.5, 0.6) is 5.75 Å². The lowest BCUT2D eigenvalue weighted by Crippen LogP contribution is -2.19. The zero-order valence-corrected chi connectivity index (χ0v) is 15.2. The summed E-state index contributed by atoms with van der Waals surface area (Å²) in [7, 11) is 3.69. The molecule has 0 aliphatic carbocycles. The molecule has 0 amide bonds. The van der Waals surface area contributed by atoms with E-state index in [1.165, 1.54) is 6.07 Å². The van der Waals surface area contributed by atoms with Crippen molar-refractivity contribution >= 4 is 5.69 Å². The summed E-state index contributed by atoms with van der Waals surface area (Å²) < 4.78 is 24.4. The van der Waals surface area contributed by atoms with E-state index in [1.807, 2.05) is 31.3 Å². The molecule has 136 valence electrons. The van der Waals surface area contributed by atoms with Crippen LogP contribution in [0, 0.1) is 12.7 Å². The SMILES string of the molecule is COc1ccccc1N(C)CCCc1nc(-c2ccc(C)c(F)c2)no1. The molecular formula is C20H22FN3O2. The molecule has 1 heterocycles. The second-order valence-corrected chi connectivity index (χ2v) is 6.17. The molecule has 2 aromatic carbocycles. The predicted molar refractivity (Wildman–Crippen MR) is 99.0 cm³/mol. The summed E-state index contributed by atoms with van der Waals surface area (Å²) in [6.45, 7) is 2.54. The molecule has 0 fully saturated rings. The van der Waals surface area contributed by atoms with Crippen LogP contribution in [-0.2, 0) is 6.42 Å². The summed E-state index contributed by atoms with van der Waals surface area (Å²) in [5, 5.41) is 3.95. The molecule has 0 aliphatic rings. The van der Waals surface area contributed by atoms with Gasteiger partial charge < -0.3 is 14.2 Å². The summed E-state index contributed by atoms with van der Waals surface area (Å²) in [4.78, 5) is 6.50. The van der Waals surface area contributed by atoms with Gasteiger partial charge in [-0.3, -0.25) is 0 Å². The molecule has 5 nitrogen and oxygen atoms in total. The van der Waals surface area contributed by atoms with Gasteiger partial charge in [0, 0.05) is 25.6 Å². The number of hydrogen-bond donors (Lipinski definition) is 0. The average molecular weight is 355 g/mol. The van der Waals surface area contributed by atoms with Crippen LogP contribution in [0.15, 0.2) is 47.0 Å². The van der Waals surface area contributed by atoms with E-state index in [0.29, 0.717) is 29.3 Å². The predicted octanol–water partition coefficient (Wildman–Crippen LogP) is 4.26. The van der Waals surface area contributed by atoms with Crippen molar-refractivity contribution in [3.63, 3.8) is 0 Å². The smallest absolute Gasteiger partial charge is 0.227 e. The van der Waals surface area contributed by atoms with E-state index in [4.69, 9.17) is 9.26 Å². The third kappa shape index (κ3) is 4.02. The maximum Gasteiger partial charge on any atom is 0.227 e. The van der Waals surface area contributed by atoms with Crippen LogP contribution >= 0.6 is 0 Å². The van der Waals surface area contributed by atoms with Crippen LogP contribution in [0.25, 0.3) is 11.4 Å². The molecule has 0 unspecified atom stereocenters. The number of hydrogen-bond acceptors (Lipinski definition) is 5. The largest absolute Gasteiger partial charge is 0.495 e. The van der Waals surface area contributed by atoms with Crippen molar-refractivity contribution in [3.05, 3.63) is 59.7 Å². The first-order valence-electron chi connectivity index (χ1n) is 8.51. The van der Waals surface area contributed by atoms with Gasteiger partial charge in [-0.2, -0.15) is 4.98 Å². The van der Waals surface area contributed by atoms with Gasteiger partial charge in [0.1, 0.15) is 11.6 Å². The lowest BCUT2D eigenvalue weighted by atomic mass is 10.1. The normalized spacial score (nSPS) is 10.8. The molecule has 0 aliphatic heterocycles. The van der Waals surface area contributed by atoms with E-state index >= 15 is 0 Å². The molecule has 3 aromatic rings. The first kappa shape index (κ1) is 17.9. The van der Waals surface area contributed by atoms with Crippen LogP contribution in [0.2, 0.25) is 0 Å². The van der Waals surface area contributed by atoms with Gasteiger partial charge in [0.25, 0.3) is 0 Å². The Morgan fingerprint density at radius 1 is 1.19 bits per heavy atom. The zero-order chi connectivity index (χ0) is 18.5. The molecule has 3 rings (SSSR count). The molecule has 0 radical (unpaired) electrons. The number of para-hydroxylation sites is 2. The van der Waals surface area contributed by atoms with Crippen molar-refractivity contribution in [2.45, 2.75) is 19.8 Å². The quantitative estimate of drug-likeness (QED) is 0.634. The van der Waals surface area contributed by atoms with Crippen molar-refractivity contribution < 1.29 is 13.7 Å². The highest BCUT2D eigenvalue weighted by Gasteiger charge is 2.12. The Morgan fingerprint density at radius 2 is 2.00 bits per heavy atom. The summed E-state index contributed by atoms with van der Waals surface area (Å²) in [5.74, 6) is 1.54. The van der Waals surface area contributed by atoms with Gasteiger partial charge in [0.15, 0.2) is 0 Å². The van der Waals surface area contributed by atoms with Crippen LogP contribution < -0.4 is 9.64 Å². The van der Waals surface area contributed by atoms with Crippen LogP contribution in [0.1, 0.15) is 17.9 Å². The van der Waals surface area contributed by atoms with Crippen molar-refractivity contribution in [1.29, 1.82) is 0 Å². The lowest BCUT2D eigenvalue weighted by molar-refractivity contribution is 0.376. The molecular weight excluding hydrogens is 333 g/mol. The first-order valence-corrected chi connectivity index (χ1v) is 8.51. The molecule has 0 saturated heterocycles. The number of rotatable bonds is 7. The maximum absolute atomic E-state index is 13.7. The number of anilines is 1. The molecule has 1 aromatic heterocycles. The van der Waals surface area contributed by atoms with E-state index in [-0.39, 0.29) is 5.82 Å². The van der Waals surface area contributed by atoms with Gasteiger partial charge in [0.05, 0.1) is 12.8 Å². The Bertz CT molecular complexity index is 879. The van der Waals surface area contributed by atoms with Gasteiger partial charge in [-0.05, 0) is 37.1 Å². The Hall–Kier alpha value is -2.89. The number of aromatic nitrogens is 2. The summed E-state index contributed by atoms with van der Waals surface area (Å²) in [5.41, 5.74) is 2.25. The Balaban J connectivity index is 1.59. The van der Waals surface area contributed by atoms with E-state index in [0.717, 1.165) is 24.4 Å². The van der Waals surface area contributed by atoms with Crippen molar-refractivity contribution in [1.82, 2.24) is 10.1 Å². The number of benzene rings is 2. The molecule has 0 spiro atoms. The Labute approximate surface area is 152 Å². The van der Waals surface area contributed by atoms with E-state index in [2.05, 4.69) is 15.0 Å². The summed E-state index contributed by atoms with van der Waals surface area (Å²) >= 11 is 0. The van der Waals surface area contributed by atoms with Gasteiger partial charge in [0.2, 0.25) is 11.7 Å². The van der Waals surface area contributed by atoms with E-state index in [9.17, 15) is 4.39 Å². The van der Waals surface area contributed by atoms with Gasteiger partial charge in [-0.1, -0.05) is 29.4 Å². The van der Waals surface area contributed by atoms with Crippen LogP contribution in [0.4, 0.5) is 10.1 Å². The number of halogens is 1. The third-order valence-electron chi connectivity index (χ3n) is 4.28. The number of ether oxygens (including phenoxy) is 1. The van der Waals surface area contributed by atoms with E-state index < -0.39 is 0 Å². The molecule has 6 heteroatoms. The summed E-state index contributed by atoms with van der Waals surface area (Å²) in [6.07, 6.45) is 1.50. The average Bonchev–Trinajstić information content (AvgIpc) is 3.12. The minimum absolute atomic E-state index is 0.271. The fourth-order valence-electron chi connectivity index (χ4n) is 2.74. The fourth-order valence-corrected chi connectivity index (χ4v) is 2.74. The molecule has 0 saturated carbocycles. The van der Waals surface area contributed by atoms with Crippen molar-refractivity contribution in [2.75, 3.05) is 25.6 Å². The van der Waals surface area contributed by atoms with Crippen molar-refractivity contribution in [3.8, 4) is 17.1 Å². The van der Waals surface area contributed by atoms with Crippen LogP contribution in [-0.4, -0.2) is 30.8 Å². The Morgan fingerprint density at radius 3 is 2.77 bits per heavy atom. The van der Waals surface area contributed by atoms with Gasteiger partial charge in [-0.25, -0.2) is 4.39 Å². The van der Waals surface area contributed by atoms with Gasteiger partial charge >= 0.3 is 0 Å².